The molecule has 6 aromatic rings. The molecule has 14 nitrogen and oxygen atoms in total. The number of pyridine rings is 1. The number of aromatic nitrogens is 2. The molecule has 8 rings (SSSR count). The number of esters is 1. The van der Waals surface area contributed by atoms with Gasteiger partial charge in [0.05, 0.1) is 7.11 Å². The van der Waals surface area contributed by atoms with Crippen LogP contribution in [-0.2, 0) is 29.5 Å². The number of anilines is 1. The molecule has 2 unspecified atom stereocenters. The van der Waals surface area contributed by atoms with E-state index in [1.165, 1.54) is 54.2 Å². The number of thioether (sulfide) groups is 2. The van der Waals surface area contributed by atoms with Crippen molar-refractivity contribution in [2.45, 2.75) is 27.4 Å². The van der Waals surface area contributed by atoms with Crippen molar-refractivity contribution in [3.05, 3.63) is 185 Å². The molecule has 0 spiro atoms. The molecule has 324 valence electrons. The van der Waals surface area contributed by atoms with Gasteiger partial charge in [-0.25, -0.2) is 9.78 Å². The molecular weight excluding hydrogens is 871 g/mol. The summed E-state index contributed by atoms with van der Waals surface area (Å²) < 4.78 is 11.2. The van der Waals surface area contributed by atoms with Gasteiger partial charge < -0.3 is 24.9 Å². The zero-order valence-corrected chi connectivity index (χ0v) is 37.1. The van der Waals surface area contributed by atoms with Gasteiger partial charge in [0.25, 0.3) is 17.7 Å². The second-order valence-corrected chi connectivity index (χ2v) is 17.4. The molecule has 1 fully saturated rings. The highest BCUT2D eigenvalue weighted by Crippen LogP contribution is 2.42. The summed E-state index contributed by atoms with van der Waals surface area (Å²) in [5, 5.41) is 12.1. The lowest BCUT2D eigenvalue weighted by Gasteiger charge is -2.48. The van der Waals surface area contributed by atoms with Crippen molar-refractivity contribution in [3.8, 4) is 5.75 Å². The molecule has 2 aliphatic rings. The maximum Gasteiger partial charge on any atom is 0.357 e. The largest absolute Gasteiger partial charge is 0.497 e. The minimum atomic E-state index is -1.13. The molecule has 3 amide bonds. The number of carbonyl (C=O) groups excluding carboxylic acids is 4. The van der Waals surface area contributed by atoms with Crippen LogP contribution in [0.3, 0.4) is 0 Å². The van der Waals surface area contributed by atoms with Crippen molar-refractivity contribution in [3.63, 3.8) is 0 Å². The third-order valence-corrected chi connectivity index (χ3v) is 13.6. The number of amides is 3. The number of hydrogen-bond acceptors (Lipinski definition) is 14. The van der Waals surface area contributed by atoms with Crippen molar-refractivity contribution >= 4 is 69.4 Å². The van der Waals surface area contributed by atoms with Gasteiger partial charge in [-0.15, -0.1) is 23.1 Å². The van der Waals surface area contributed by atoms with Gasteiger partial charge in [-0.2, -0.15) is 0 Å². The molecule has 1 saturated heterocycles. The van der Waals surface area contributed by atoms with Crippen LogP contribution in [0.4, 0.5) is 5.13 Å². The number of rotatable bonds is 16. The molecule has 64 heavy (non-hydrogen) atoms. The molecule has 3 atom stereocenters. The van der Waals surface area contributed by atoms with E-state index in [2.05, 4.69) is 57.2 Å². The predicted molar refractivity (Wildman–Crippen MR) is 247 cm³/mol. The second kappa shape index (κ2) is 19.6. The third-order valence-electron chi connectivity index (χ3n) is 10.5. The van der Waals surface area contributed by atoms with Gasteiger partial charge in [-0.1, -0.05) is 108 Å². The van der Waals surface area contributed by atoms with Crippen molar-refractivity contribution in [2.24, 2.45) is 5.16 Å². The molecule has 17 heteroatoms. The average molecular weight is 912 g/mol. The van der Waals surface area contributed by atoms with Crippen LogP contribution in [0.5, 0.6) is 5.75 Å². The Morgan fingerprint density at radius 1 is 0.875 bits per heavy atom. The number of hydrogen-bond donors (Lipinski definition) is 2. The van der Waals surface area contributed by atoms with E-state index in [0.717, 1.165) is 28.5 Å². The monoisotopic (exact) mass is 911 g/mol. The number of nitrogens with one attached hydrogen (secondary N) is 2. The molecule has 0 aliphatic carbocycles. The highest BCUT2D eigenvalue weighted by molar-refractivity contribution is 8.00. The van der Waals surface area contributed by atoms with E-state index in [0.29, 0.717) is 27.1 Å². The molecule has 2 N–H and O–H groups in total. The predicted octanol–water partition coefficient (Wildman–Crippen LogP) is 6.98. The summed E-state index contributed by atoms with van der Waals surface area (Å²) in [6, 6.07) is 39.2. The lowest BCUT2D eigenvalue weighted by Crippen LogP contribution is -2.70. The van der Waals surface area contributed by atoms with Gasteiger partial charge >= 0.3 is 5.97 Å². The summed E-state index contributed by atoms with van der Waals surface area (Å²) in [7, 11) is 4.38. The Morgan fingerprint density at radius 2 is 1.48 bits per heavy atom. The van der Waals surface area contributed by atoms with Crippen LogP contribution in [0.1, 0.15) is 32.7 Å². The van der Waals surface area contributed by atoms with Gasteiger partial charge in [0.1, 0.15) is 41.2 Å². The Labute approximate surface area is 381 Å². The van der Waals surface area contributed by atoms with Crippen LogP contribution in [-0.4, -0.2) is 93.2 Å². The number of oxime groups is 1. The first-order valence-corrected chi connectivity index (χ1v) is 22.7. The minimum absolute atomic E-state index is 0.00426. The number of thiazole rings is 1. The Hall–Kier alpha value is -6.95. The number of ether oxygens (including phenoxy) is 2. The maximum absolute atomic E-state index is 14.0. The molecule has 2 aliphatic heterocycles. The van der Waals surface area contributed by atoms with Crippen molar-refractivity contribution in [1.29, 1.82) is 0 Å². The van der Waals surface area contributed by atoms with E-state index in [-0.39, 0.29) is 17.1 Å². The first-order valence-electron chi connectivity index (χ1n) is 19.9. The summed E-state index contributed by atoms with van der Waals surface area (Å²) in [6.07, 6.45) is 4.78. The van der Waals surface area contributed by atoms with Crippen molar-refractivity contribution in [2.75, 3.05) is 32.3 Å². The lowest BCUT2D eigenvalue weighted by atomic mass is 9.77. The first-order chi connectivity index (χ1) is 31.2. The van der Waals surface area contributed by atoms with Crippen LogP contribution in [0.15, 0.2) is 167 Å². The fraction of sp³-hybridized carbons (Fsp3) is 0.170. The standard InChI is InChI=1S/C47H41N7O7S3/c1-53(41(56)30-19-21-34(59-2)22-20-30)46(64-35-23-26-48-27-24-35)61-44(58)37-25-28-62-43-39(42(57)54(37)43)50-40(55)38(52-60-3)36-29-63-45(49-36)51-47(31-13-7-4-8-14-31,32-15-9-5-10-16-32)33-17-11-6-12-18-33/h4-27,29,39,43,46H,28H2,1-3H3,(H,49,51)(H,50,55)/b52-38-/t39?,43-,46?/m0/s1. The topological polar surface area (TPSA) is 165 Å². The number of methoxy groups -OCH3 is 1. The third kappa shape index (κ3) is 8.95. The number of fused-ring (bicyclic) bond motifs is 1. The molecule has 2 aromatic heterocycles. The van der Waals surface area contributed by atoms with Gasteiger partial charge in [-0.3, -0.25) is 29.2 Å². The molecule has 0 bridgehead atoms. The smallest absolute Gasteiger partial charge is 0.357 e. The molecule has 4 heterocycles. The van der Waals surface area contributed by atoms with E-state index < -0.39 is 46.2 Å². The summed E-state index contributed by atoms with van der Waals surface area (Å²) >= 11 is 3.79. The van der Waals surface area contributed by atoms with Crippen LogP contribution < -0.4 is 15.4 Å². The zero-order chi connectivity index (χ0) is 44.6. The van der Waals surface area contributed by atoms with E-state index in [1.807, 2.05) is 54.6 Å². The fourth-order valence-corrected chi connectivity index (χ4v) is 10.2. The minimum Gasteiger partial charge on any atom is -0.497 e. The summed E-state index contributed by atoms with van der Waals surface area (Å²) in [5.41, 5.74) is 1.36. The number of nitrogens with zero attached hydrogens (tertiary/aromatic N) is 5. The highest BCUT2D eigenvalue weighted by Gasteiger charge is 2.53. The number of β-lactam (4-membered cyclic amide) rings is 1. The van der Waals surface area contributed by atoms with Crippen LogP contribution in [0, 0.1) is 0 Å². The number of carbonyl (C=O) groups is 4. The summed E-state index contributed by atoms with van der Waals surface area (Å²) in [6.45, 7) is 0. The number of benzene rings is 4. The van der Waals surface area contributed by atoms with E-state index in [4.69, 9.17) is 19.3 Å². The van der Waals surface area contributed by atoms with E-state index in [1.54, 1.807) is 60.2 Å². The first kappa shape index (κ1) is 43.7. The quantitative estimate of drug-likeness (QED) is 0.0195. The Balaban J connectivity index is 0.987. The normalized spacial score (nSPS) is 16.3. The molecule has 0 radical (unpaired) electrons. The van der Waals surface area contributed by atoms with Crippen LogP contribution in [0.2, 0.25) is 0 Å². The summed E-state index contributed by atoms with van der Waals surface area (Å²) in [4.78, 5) is 72.8. The molecule has 4 aromatic carbocycles. The van der Waals surface area contributed by atoms with Gasteiger partial charge in [-0.05, 0) is 59.2 Å². The van der Waals surface area contributed by atoms with Crippen LogP contribution >= 0.6 is 34.9 Å². The Morgan fingerprint density at radius 3 is 2.06 bits per heavy atom. The Bertz CT molecular complexity index is 2570. The highest BCUT2D eigenvalue weighted by atomic mass is 32.2. The van der Waals surface area contributed by atoms with Gasteiger partial charge in [0.15, 0.2) is 10.8 Å². The van der Waals surface area contributed by atoms with Crippen LogP contribution in [0.25, 0.3) is 0 Å². The van der Waals surface area contributed by atoms with Gasteiger partial charge in [0, 0.05) is 41.0 Å². The van der Waals surface area contributed by atoms with E-state index in [9.17, 15) is 19.2 Å². The van der Waals surface area contributed by atoms with Gasteiger partial charge in [0.2, 0.25) is 5.56 Å². The summed E-state index contributed by atoms with van der Waals surface area (Å²) in [5.74, 6) is -1.50. The zero-order valence-electron chi connectivity index (χ0n) is 34.7. The maximum atomic E-state index is 14.0. The average Bonchev–Trinajstić information content (AvgIpc) is 3.82. The fourth-order valence-electron chi connectivity index (χ4n) is 7.32. The van der Waals surface area contributed by atoms with Crippen molar-refractivity contribution < 1.29 is 33.5 Å². The lowest BCUT2D eigenvalue weighted by molar-refractivity contribution is -0.155. The molecule has 0 saturated carbocycles. The Kier molecular flexibility index (Phi) is 13.4. The van der Waals surface area contributed by atoms with Crippen molar-refractivity contribution in [1.82, 2.24) is 25.1 Å². The van der Waals surface area contributed by atoms with E-state index >= 15 is 0 Å². The second-order valence-electron chi connectivity index (χ2n) is 14.3. The SMILES string of the molecule is CO/N=C(\C(=O)NC1C(=O)N2C(C(=O)OC(Sc3ccncc3)N(C)C(=O)c3ccc(OC)cc3)=CCS[C@@H]12)c1csc(NC(c2ccccc2)(c2ccccc2)c2ccccc2)n1. The molecular formula is C47H41N7O7S3.